The molecule has 1 fully saturated rings. The first kappa shape index (κ1) is 17.5. The highest BCUT2D eigenvalue weighted by Gasteiger charge is 2.34. The Labute approximate surface area is 153 Å². The van der Waals surface area contributed by atoms with Crippen LogP contribution in [0.1, 0.15) is 23.6 Å². The van der Waals surface area contributed by atoms with Gasteiger partial charge in [0.2, 0.25) is 0 Å². The van der Waals surface area contributed by atoms with Crippen LogP contribution in [0.5, 0.6) is 0 Å². The van der Waals surface area contributed by atoms with E-state index >= 15 is 0 Å². The van der Waals surface area contributed by atoms with Crippen molar-refractivity contribution in [3.8, 4) is 0 Å². The molecule has 1 aromatic heterocycles. The van der Waals surface area contributed by atoms with Crippen LogP contribution in [0.15, 0.2) is 53.3 Å². The van der Waals surface area contributed by atoms with Gasteiger partial charge in [0.05, 0.1) is 19.3 Å². The molecule has 4 rings (SSSR count). The van der Waals surface area contributed by atoms with Crippen LogP contribution >= 0.6 is 0 Å². The molecule has 2 aliphatic heterocycles. The first-order valence-electron chi connectivity index (χ1n) is 9.41. The third-order valence-corrected chi connectivity index (χ3v) is 5.45. The van der Waals surface area contributed by atoms with Crippen LogP contribution in [0.2, 0.25) is 0 Å². The van der Waals surface area contributed by atoms with Gasteiger partial charge >= 0.3 is 0 Å². The van der Waals surface area contributed by atoms with E-state index in [4.69, 9.17) is 4.74 Å². The fourth-order valence-corrected chi connectivity index (χ4v) is 4.38. The van der Waals surface area contributed by atoms with E-state index in [-0.39, 0.29) is 5.56 Å². The number of fused-ring (bicyclic) bond motifs is 4. The van der Waals surface area contributed by atoms with Gasteiger partial charge in [-0.2, -0.15) is 0 Å². The van der Waals surface area contributed by atoms with Crippen molar-refractivity contribution < 1.29 is 9.84 Å². The zero-order chi connectivity index (χ0) is 17.9. The molecule has 2 aliphatic rings. The molecule has 3 atom stereocenters. The second-order valence-corrected chi connectivity index (χ2v) is 7.57. The Kier molecular flexibility index (Phi) is 5.20. The van der Waals surface area contributed by atoms with E-state index in [1.165, 1.54) is 0 Å². The Hall–Kier alpha value is -1.95. The summed E-state index contributed by atoms with van der Waals surface area (Å²) in [6.45, 7) is 4.13. The summed E-state index contributed by atoms with van der Waals surface area (Å²) >= 11 is 0. The van der Waals surface area contributed by atoms with Crippen LogP contribution in [0.4, 0.5) is 0 Å². The number of benzene rings is 1. The number of β-amino-alcohol motifs (C(OH)–C–C–N with tert-alkyl or cyclic N) is 1. The third kappa shape index (κ3) is 3.90. The van der Waals surface area contributed by atoms with Crippen molar-refractivity contribution in [1.29, 1.82) is 0 Å². The Balaban J connectivity index is 1.30. The molecular formula is C21H26N2O3. The first-order valence-corrected chi connectivity index (χ1v) is 9.41. The lowest BCUT2D eigenvalue weighted by atomic mass is 9.83. The van der Waals surface area contributed by atoms with Gasteiger partial charge in [-0.1, -0.05) is 36.4 Å². The van der Waals surface area contributed by atoms with Gasteiger partial charge in [-0.3, -0.25) is 9.69 Å². The summed E-state index contributed by atoms with van der Waals surface area (Å²) in [5, 5.41) is 10.4. The number of aromatic nitrogens is 1. The lowest BCUT2D eigenvalue weighted by molar-refractivity contribution is -0.00248. The van der Waals surface area contributed by atoms with Gasteiger partial charge in [0.15, 0.2) is 0 Å². The van der Waals surface area contributed by atoms with E-state index in [0.717, 1.165) is 37.3 Å². The molecule has 26 heavy (non-hydrogen) atoms. The molecule has 1 saturated heterocycles. The number of piperidine rings is 1. The molecule has 5 heteroatoms. The number of aliphatic hydroxyl groups excluding tert-OH is 1. The average molecular weight is 354 g/mol. The molecule has 1 N–H and O–H groups in total. The minimum absolute atomic E-state index is 0.111. The third-order valence-electron chi connectivity index (χ3n) is 5.45. The number of pyridine rings is 1. The van der Waals surface area contributed by atoms with Gasteiger partial charge < -0.3 is 14.4 Å². The van der Waals surface area contributed by atoms with Crippen LogP contribution in [-0.4, -0.2) is 46.9 Å². The number of hydrogen-bond acceptors (Lipinski definition) is 4. The van der Waals surface area contributed by atoms with E-state index in [9.17, 15) is 9.90 Å². The Morgan fingerprint density at radius 3 is 2.77 bits per heavy atom. The second kappa shape index (κ2) is 7.74. The van der Waals surface area contributed by atoms with Crippen LogP contribution in [0, 0.1) is 5.92 Å². The standard InChI is InChI=1S/C21H26N2O3/c24-19(15-26-14-16-5-2-1-3-6-16)13-22-10-17-9-18(12-22)20-7-4-8-21(25)23(20)11-17/h1-8,17-19,24H,9-15H2/t17-,18+,19-/m1/s1. The van der Waals surface area contributed by atoms with Crippen molar-refractivity contribution in [2.75, 3.05) is 26.2 Å². The average Bonchev–Trinajstić information content (AvgIpc) is 2.63. The number of rotatable bonds is 6. The summed E-state index contributed by atoms with van der Waals surface area (Å²) in [4.78, 5) is 14.4. The summed E-state index contributed by atoms with van der Waals surface area (Å²) in [5.41, 5.74) is 2.38. The number of likely N-dealkylation sites (tertiary alicyclic amines) is 1. The quantitative estimate of drug-likeness (QED) is 0.860. The van der Waals surface area contributed by atoms with Gasteiger partial charge in [0.25, 0.3) is 5.56 Å². The van der Waals surface area contributed by atoms with E-state index < -0.39 is 6.10 Å². The van der Waals surface area contributed by atoms with Crippen molar-refractivity contribution in [2.24, 2.45) is 5.92 Å². The van der Waals surface area contributed by atoms with Crippen LogP contribution in [0.25, 0.3) is 0 Å². The summed E-state index contributed by atoms with van der Waals surface area (Å²) in [5.74, 6) is 0.868. The van der Waals surface area contributed by atoms with E-state index in [2.05, 4.69) is 11.0 Å². The molecule has 2 bridgehead atoms. The Bertz CT molecular complexity index is 789. The van der Waals surface area contributed by atoms with E-state index in [1.807, 2.05) is 41.0 Å². The molecule has 0 radical (unpaired) electrons. The molecule has 2 aromatic rings. The molecular weight excluding hydrogens is 328 g/mol. The van der Waals surface area contributed by atoms with Crippen molar-refractivity contribution in [3.63, 3.8) is 0 Å². The van der Waals surface area contributed by atoms with E-state index in [1.54, 1.807) is 6.07 Å². The van der Waals surface area contributed by atoms with Crippen molar-refractivity contribution in [2.45, 2.75) is 31.6 Å². The van der Waals surface area contributed by atoms with Crippen molar-refractivity contribution in [1.82, 2.24) is 9.47 Å². The van der Waals surface area contributed by atoms with Gasteiger partial charge in [-0.15, -0.1) is 0 Å². The predicted molar refractivity (Wildman–Crippen MR) is 100 cm³/mol. The molecule has 138 valence electrons. The summed E-state index contributed by atoms with van der Waals surface area (Å²) < 4.78 is 7.61. The molecule has 5 nitrogen and oxygen atoms in total. The molecule has 0 saturated carbocycles. The molecule has 3 heterocycles. The predicted octanol–water partition coefficient (Wildman–Crippen LogP) is 1.85. The number of ether oxygens (including phenoxy) is 1. The van der Waals surface area contributed by atoms with E-state index in [0.29, 0.717) is 31.6 Å². The fourth-order valence-electron chi connectivity index (χ4n) is 4.38. The zero-order valence-corrected chi connectivity index (χ0v) is 15.0. The normalized spacial score (nSPS) is 23.4. The fraction of sp³-hybridized carbons (Fsp3) is 0.476. The second-order valence-electron chi connectivity index (χ2n) is 7.57. The molecule has 0 unspecified atom stereocenters. The van der Waals surface area contributed by atoms with Crippen molar-refractivity contribution >= 4 is 0 Å². The van der Waals surface area contributed by atoms with Crippen molar-refractivity contribution in [3.05, 3.63) is 70.1 Å². The SMILES string of the molecule is O=c1cccc2n1C[C@@H]1C[C@H]2CN(C[C@@H](O)COCc2ccccc2)C1. The van der Waals surface area contributed by atoms with Crippen LogP contribution in [0.3, 0.4) is 0 Å². The molecule has 0 amide bonds. The number of nitrogens with zero attached hydrogens (tertiary/aromatic N) is 2. The zero-order valence-electron chi connectivity index (χ0n) is 15.0. The number of hydrogen-bond donors (Lipinski definition) is 1. The summed E-state index contributed by atoms with van der Waals surface area (Å²) in [6, 6.07) is 15.6. The highest BCUT2D eigenvalue weighted by Crippen LogP contribution is 2.34. The smallest absolute Gasteiger partial charge is 0.250 e. The Morgan fingerprint density at radius 2 is 1.92 bits per heavy atom. The molecule has 0 spiro atoms. The van der Waals surface area contributed by atoms with Gasteiger partial charge in [-0.25, -0.2) is 0 Å². The first-order chi connectivity index (χ1) is 12.7. The highest BCUT2D eigenvalue weighted by atomic mass is 16.5. The lowest BCUT2D eigenvalue weighted by Gasteiger charge is -2.43. The van der Waals surface area contributed by atoms with Gasteiger partial charge in [-0.05, 0) is 24.0 Å². The summed E-state index contributed by atoms with van der Waals surface area (Å²) in [6.07, 6.45) is 0.649. The van der Waals surface area contributed by atoms with Gasteiger partial charge in [0.1, 0.15) is 0 Å². The Morgan fingerprint density at radius 1 is 1.08 bits per heavy atom. The maximum atomic E-state index is 12.1. The highest BCUT2D eigenvalue weighted by molar-refractivity contribution is 5.17. The monoisotopic (exact) mass is 354 g/mol. The van der Waals surface area contributed by atoms with Crippen LogP contribution in [-0.2, 0) is 17.9 Å². The summed E-state index contributed by atoms with van der Waals surface area (Å²) in [7, 11) is 0. The maximum absolute atomic E-state index is 12.1. The molecule has 0 aliphatic carbocycles. The largest absolute Gasteiger partial charge is 0.389 e. The van der Waals surface area contributed by atoms with Crippen LogP contribution < -0.4 is 5.56 Å². The lowest BCUT2D eigenvalue weighted by Crippen LogP contribution is -2.49. The minimum atomic E-state index is -0.490. The number of aliphatic hydroxyl groups is 1. The maximum Gasteiger partial charge on any atom is 0.250 e. The topological polar surface area (TPSA) is 54.7 Å². The molecule has 1 aromatic carbocycles. The minimum Gasteiger partial charge on any atom is -0.389 e. The van der Waals surface area contributed by atoms with Gasteiger partial charge in [0, 0.05) is 43.9 Å².